The molecular weight excluding hydrogens is 266 g/mol. The molecule has 0 aliphatic rings. The molecule has 0 aliphatic heterocycles. The van der Waals surface area contributed by atoms with Crippen LogP contribution in [0.4, 0.5) is 0 Å². The van der Waals surface area contributed by atoms with E-state index in [4.69, 9.17) is 11.6 Å². The molecule has 1 unspecified atom stereocenters. The van der Waals surface area contributed by atoms with Gasteiger partial charge in [-0.15, -0.1) is 11.3 Å². The lowest BCUT2D eigenvalue weighted by molar-refractivity contribution is 0.576. The first-order chi connectivity index (χ1) is 8.56. The maximum Gasteiger partial charge on any atom is 0.0931 e. The van der Waals surface area contributed by atoms with Crippen LogP contribution in [0, 0.1) is 6.92 Å². The average molecular weight is 284 g/mol. The van der Waals surface area contributed by atoms with E-state index in [2.05, 4.69) is 29.6 Å². The zero-order chi connectivity index (χ0) is 13.1. The molecule has 0 saturated carbocycles. The van der Waals surface area contributed by atoms with Gasteiger partial charge in [-0.25, -0.2) is 0 Å². The van der Waals surface area contributed by atoms with Crippen LogP contribution in [-0.4, -0.2) is 16.3 Å². The minimum atomic E-state index is 0.328. The second kappa shape index (κ2) is 5.87. The van der Waals surface area contributed by atoms with Crippen LogP contribution in [0.1, 0.15) is 29.1 Å². The molecule has 0 saturated heterocycles. The van der Waals surface area contributed by atoms with Crippen LogP contribution < -0.4 is 5.32 Å². The van der Waals surface area contributed by atoms with Crippen LogP contribution >= 0.6 is 22.9 Å². The van der Waals surface area contributed by atoms with E-state index >= 15 is 0 Å². The summed E-state index contributed by atoms with van der Waals surface area (Å²) in [4.78, 5) is 1.32. The van der Waals surface area contributed by atoms with Crippen LogP contribution in [0.3, 0.4) is 0 Å². The molecule has 98 valence electrons. The van der Waals surface area contributed by atoms with Gasteiger partial charge in [0.25, 0.3) is 0 Å². The molecule has 0 fully saturated rings. The Kier molecular flexibility index (Phi) is 4.43. The first-order valence-electron chi connectivity index (χ1n) is 6.04. The quantitative estimate of drug-likeness (QED) is 0.912. The predicted octanol–water partition coefficient (Wildman–Crippen LogP) is 3.34. The van der Waals surface area contributed by atoms with E-state index in [9.17, 15) is 0 Å². The topological polar surface area (TPSA) is 29.9 Å². The van der Waals surface area contributed by atoms with Crippen molar-refractivity contribution in [3.8, 4) is 0 Å². The largest absolute Gasteiger partial charge is 0.310 e. The van der Waals surface area contributed by atoms with Crippen molar-refractivity contribution in [1.29, 1.82) is 0 Å². The van der Waals surface area contributed by atoms with Crippen molar-refractivity contribution >= 4 is 22.9 Å². The number of thiophene rings is 1. The normalized spacial score (nSPS) is 12.9. The molecule has 2 rings (SSSR count). The highest BCUT2D eigenvalue weighted by atomic mass is 35.5. The second-order valence-electron chi connectivity index (χ2n) is 4.48. The Hall–Kier alpha value is -0.840. The lowest BCUT2D eigenvalue weighted by atomic mass is 10.1. The van der Waals surface area contributed by atoms with Crippen molar-refractivity contribution in [1.82, 2.24) is 15.1 Å². The maximum absolute atomic E-state index is 5.91. The van der Waals surface area contributed by atoms with E-state index in [0.717, 1.165) is 23.0 Å². The molecular formula is C13H18ClN3S. The number of rotatable bonds is 5. The lowest BCUT2D eigenvalue weighted by Gasteiger charge is -2.12. The predicted molar refractivity (Wildman–Crippen MR) is 77.4 cm³/mol. The fourth-order valence-electron chi connectivity index (χ4n) is 2.05. The summed E-state index contributed by atoms with van der Waals surface area (Å²) in [6.07, 6.45) is 3.09. The summed E-state index contributed by atoms with van der Waals surface area (Å²) in [6, 6.07) is 4.37. The van der Waals surface area contributed by atoms with E-state index in [0.29, 0.717) is 6.04 Å². The van der Waals surface area contributed by atoms with Gasteiger partial charge in [-0.05, 0) is 32.4 Å². The van der Waals surface area contributed by atoms with Gasteiger partial charge in [0.15, 0.2) is 0 Å². The Labute approximate surface area is 117 Å². The average Bonchev–Trinajstić information content (AvgIpc) is 2.85. The first-order valence-corrected chi connectivity index (χ1v) is 7.23. The lowest BCUT2D eigenvalue weighted by Crippen LogP contribution is -2.21. The van der Waals surface area contributed by atoms with Gasteiger partial charge >= 0.3 is 0 Å². The summed E-state index contributed by atoms with van der Waals surface area (Å²) in [7, 11) is 1.96. The first kappa shape index (κ1) is 13.6. The zero-order valence-electron chi connectivity index (χ0n) is 10.9. The molecule has 18 heavy (non-hydrogen) atoms. The van der Waals surface area contributed by atoms with Gasteiger partial charge in [0, 0.05) is 36.3 Å². The van der Waals surface area contributed by atoms with Crippen molar-refractivity contribution in [2.75, 3.05) is 6.54 Å². The highest BCUT2D eigenvalue weighted by molar-refractivity contribution is 7.16. The number of aryl methyl sites for hydroxylation is 2. The summed E-state index contributed by atoms with van der Waals surface area (Å²) in [6.45, 7) is 5.17. The number of halogens is 1. The van der Waals surface area contributed by atoms with Crippen LogP contribution in [0.25, 0.3) is 0 Å². The van der Waals surface area contributed by atoms with Gasteiger partial charge in [-0.2, -0.15) is 5.10 Å². The van der Waals surface area contributed by atoms with Gasteiger partial charge in [0.05, 0.1) is 10.0 Å². The maximum atomic E-state index is 5.91. The Morgan fingerprint density at radius 3 is 2.83 bits per heavy atom. The third-order valence-electron chi connectivity index (χ3n) is 2.97. The van der Waals surface area contributed by atoms with E-state index in [1.807, 2.05) is 24.7 Å². The molecule has 3 nitrogen and oxygen atoms in total. The van der Waals surface area contributed by atoms with E-state index in [1.165, 1.54) is 10.4 Å². The summed E-state index contributed by atoms with van der Waals surface area (Å²) in [5, 5.41) is 7.88. The van der Waals surface area contributed by atoms with Crippen molar-refractivity contribution in [2.24, 2.45) is 7.05 Å². The van der Waals surface area contributed by atoms with Gasteiger partial charge < -0.3 is 5.32 Å². The molecule has 1 atom stereocenters. The fourth-order valence-corrected chi connectivity index (χ4v) is 3.14. The van der Waals surface area contributed by atoms with Gasteiger partial charge in [-0.3, -0.25) is 4.68 Å². The van der Waals surface area contributed by atoms with Crippen molar-refractivity contribution < 1.29 is 0 Å². The monoisotopic (exact) mass is 283 g/mol. The molecule has 0 spiro atoms. The molecule has 0 radical (unpaired) electrons. The van der Waals surface area contributed by atoms with Crippen molar-refractivity contribution in [2.45, 2.75) is 26.3 Å². The standard InChI is InChI=1S/C13H18ClN3S/c1-9(12-8-17(3)16-10(12)2)15-7-6-11-4-5-13(14)18-11/h4-5,8-9,15H,6-7H2,1-3H3. The van der Waals surface area contributed by atoms with Gasteiger partial charge in [-0.1, -0.05) is 11.6 Å². The van der Waals surface area contributed by atoms with Gasteiger partial charge in [0.2, 0.25) is 0 Å². The number of nitrogens with one attached hydrogen (secondary N) is 1. The Morgan fingerprint density at radius 1 is 1.50 bits per heavy atom. The van der Waals surface area contributed by atoms with Crippen molar-refractivity contribution in [3.63, 3.8) is 0 Å². The summed E-state index contributed by atoms with van der Waals surface area (Å²) in [5.41, 5.74) is 2.36. The highest BCUT2D eigenvalue weighted by Crippen LogP contribution is 2.22. The van der Waals surface area contributed by atoms with Crippen LogP contribution in [-0.2, 0) is 13.5 Å². The second-order valence-corrected chi connectivity index (χ2v) is 6.27. The van der Waals surface area contributed by atoms with Crippen molar-refractivity contribution in [3.05, 3.63) is 38.8 Å². The van der Waals surface area contributed by atoms with Gasteiger partial charge in [0.1, 0.15) is 0 Å². The Morgan fingerprint density at radius 2 is 2.28 bits per heavy atom. The van der Waals surface area contributed by atoms with Crippen LogP contribution in [0.2, 0.25) is 4.34 Å². The van der Waals surface area contributed by atoms with Crippen LogP contribution in [0.5, 0.6) is 0 Å². The fraction of sp³-hybridized carbons (Fsp3) is 0.462. The molecule has 1 N–H and O–H groups in total. The molecule has 2 heterocycles. The number of nitrogens with zero attached hydrogens (tertiary/aromatic N) is 2. The molecule has 0 amide bonds. The van der Waals surface area contributed by atoms with Crippen LogP contribution in [0.15, 0.2) is 18.3 Å². The molecule has 0 bridgehead atoms. The summed E-state index contributed by atoms with van der Waals surface area (Å²) < 4.78 is 2.73. The third-order valence-corrected chi connectivity index (χ3v) is 4.26. The summed E-state index contributed by atoms with van der Waals surface area (Å²) >= 11 is 7.56. The molecule has 2 aromatic heterocycles. The molecule has 0 aliphatic carbocycles. The molecule has 0 aromatic carbocycles. The highest BCUT2D eigenvalue weighted by Gasteiger charge is 2.10. The van der Waals surface area contributed by atoms with E-state index in [1.54, 1.807) is 11.3 Å². The minimum Gasteiger partial charge on any atom is -0.310 e. The zero-order valence-corrected chi connectivity index (χ0v) is 12.5. The third kappa shape index (κ3) is 3.34. The number of hydrogen-bond donors (Lipinski definition) is 1. The molecule has 5 heteroatoms. The summed E-state index contributed by atoms with van der Waals surface area (Å²) in [5.74, 6) is 0. The minimum absolute atomic E-state index is 0.328. The molecule has 2 aromatic rings. The van der Waals surface area contributed by atoms with E-state index < -0.39 is 0 Å². The SMILES string of the molecule is Cc1nn(C)cc1C(C)NCCc1ccc(Cl)s1. The smallest absolute Gasteiger partial charge is 0.0931 e. The number of aromatic nitrogens is 2. The Bertz CT molecular complexity index is 518. The number of hydrogen-bond acceptors (Lipinski definition) is 3. The Balaban J connectivity index is 1.85. The van der Waals surface area contributed by atoms with E-state index in [-0.39, 0.29) is 0 Å².